The first-order valence-electron chi connectivity index (χ1n) is 4.78. The lowest BCUT2D eigenvalue weighted by Crippen LogP contribution is -1.98. The zero-order valence-corrected chi connectivity index (χ0v) is 9.37. The molecule has 0 saturated carbocycles. The molecule has 0 amide bonds. The summed E-state index contributed by atoms with van der Waals surface area (Å²) in [6, 6.07) is 6.89. The number of phenols is 1. The zero-order valence-electron chi connectivity index (χ0n) is 8.55. The minimum atomic E-state index is 0.205. The molecule has 0 radical (unpaired) electrons. The SMILES string of the molecule is C=CCn1c(-c2cccc(O)c2)n[nH]c1=S. The van der Waals surface area contributed by atoms with Crippen molar-refractivity contribution in [1.82, 2.24) is 14.8 Å². The third-order valence-corrected chi connectivity index (χ3v) is 2.49. The number of benzene rings is 1. The average molecular weight is 233 g/mol. The van der Waals surface area contributed by atoms with Crippen LogP contribution in [0.25, 0.3) is 11.4 Å². The Balaban J connectivity index is 2.55. The molecule has 4 nitrogen and oxygen atoms in total. The van der Waals surface area contributed by atoms with Gasteiger partial charge in [-0.2, -0.15) is 5.10 Å². The van der Waals surface area contributed by atoms with E-state index in [0.717, 1.165) is 5.56 Å². The Morgan fingerprint density at radius 1 is 1.56 bits per heavy atom. The Morgan fingerprint density at radius 3 is 3.06 bits per heavy atom. The fourth-order valence-corrected chi connectivity index (χ4v) is 1.69. The van der Waals surface area contributed by atoms with Gasteiger partial charge in [-0.15, -0.1) is 6.58 Å². The summed E-state index contributed by atoms with van der Waals surface area (Å²) in [6.45, 7) is 4.25. The second kappa shape index (κ2) is 4.32. The van der Waals surface area contributed by atoms with Gasteiger partial charge >= 0.3 is 0 Å². The molecule has 0 atom stereocenters. The van der Waals surface area contributed by atoms with Crippen molar-refractivity contribution < 1.29 is 5.11 Å². The molecule has 5 heteroatoms. The van der Waals surface area contributed by atoms with Crippen LogP contribution in [0.1, 0.15) is 0 Å². The summed E-state index contributed by atoms with van der Waals surface area (Å²) >= 11 is 5.11. The highest BCUT2D eigenvalue weighted by Gasteiger charge is 2.07. The van der Waals surface area contributed by atoms with E-state index in [1.54, 1.807) is 24.3 Å². The number of phenolic OH excluding ortho intramolecular Hbond substituents is 1. The van der Waals surface area contributed by atoms with Crippen molar-refractivity contribution in [1.29, 1.82) is 0 Å². The lowest BCUT2D eigenvalue weighted by molar-refractivity contribution is 0.475. The van der Waals surface area contributed by atoms with Crippen LogP contribution in [0.2, 0.25) is 0 Å². The fourth-order valence-electron chi connectivity index (χ4n) is 1.48. The first-order chi connectivity index (χ1) is 7.72. The average Bonchev–Trinajstić information content (AvgIpc) is 2.61. The van der Waals surface area contributed by atoms with E-state index in [4.69, 9.17) is 12.2 Å². The highest BCUT2D eigenvalue weighted by atomic mass is 32.1. The third-order valence-electron chi connectivity index (χ3n) is 2.17. The molecule has 16 heavy (non-hydrogen) atoms. The van der Waals surface area contributed by atoms with Gasteiger partial charge in [0, 0.05) is 12.1 Å². The third kappa shape index (κ3) is 1.90. The molecule has 2 aromatic rings. The zero-order chi connectivity index (χ0) is 11.5. The quantitative estimate of drug-likeness (QED) is 0.632. The van der Waals surface area contributed by atoms with Crippen LogP contribution in [0.5, 0.6) is 5.75 Å². The van der Waals surface area contributed by atoms with Crippen molar-refractivity contribution in [3.63, 3.8) is 0 Å². The van der Waals surface area contributed by atoms with Gasteiger partial charge in [-0.3, -0.25) is 9.67 Å². The molecule has 1 aromatic heterocycles. The minimum Gasteiger partial charge on any atom is -0.508 e. The number of H-pyrrole nitrogens is 1. The maximum atomic E-state index is 9.41. The van der Waals surface area contributed by atoms with E-state index in [0.29, 0.717) is 17.1 Å². The molecule has 0 bridgehead atoms. The number of aromatic amines is 1. The first-order valence-corrected chi connectivity index (χ1v) is 5.18. The van der Waals surface area contributed by atoms with Crippen LogP contribution < -0.4 is 0 Å². The predicted octanol–water partition coefficient (Wildman–Crippen LogP) is 2.50. The molecule has 1 heterocycles. The van der Waals surface area contributed by atoms with E-state index >= 15 is 0 Å². The van der Waals surface area contributed by atoms with Crippen molar-refractivity contribution in [3.05, 3.63) is 41.7 Å². The van der Waals surface area contributed by atoms with Crippen LogP contribution >= 0.6 is 12.2 Å². The molecule has 0 aliphatic carbocycles. The van der Waals surface area contributed by atoms with Crippen molar-refractivity contribution in [2.45, 2.75) is 6.54 Å². The number of aromatic hydroxyl groups is 1. The topological polar surface area (TPSA) is 53.8 Å². The lowest BCUT2D eigenvalue weighted by Gasteiger charge is -2.03. The molecule has 2 N–H and O–H groups in total. The summed E-state index contributed by atoms with van der Waals surface area (Å²) < 4.78 is 2.36. The van der Waals surface area contributed by atoms with E-state index in [-0.39, 0.29) is 5.75 Å². The number of allylic oxidation sites excluding steroid dienone is 1. The van der Waals surface area contributed by atoms with Gasteiger partial charge in [0.2, 0.25) is 0 Å². The second-order valence-corrected chi connectivity index (χ2v) is 3.69. The normalized spacial score (nSPS) is 10.2. The van der Waals surface area contributed by atoms with E-state index in [2.05, 4.69) is 16.8 Å². The molecule has 0 spiro atoms. The van der Waals surface area contributed by atoms with Gasteiger partial charge in [0.1, 0.15) is 5.75 Å². The summed E-state index contributed by atoms with van der Waals surface area (Å²) in [6.07, 6.45) is 1.75. The molecular formula is C11H11N3OS. The number of aromatic nitrogens is 3. The standard InChI is InChI=1S/C11H11N3OS/c1-2-6-14-10(12-13-11(14)16)8-4-3-5-9(15)7-8/h2-5,7,15H,1,6H2,(H,13,16). The molecule has 1 aromatic carbocycles. The van der Waals surface area contributed by atoms with Gasteiger partial charge in [-0.1, -0.05) is 18.2 Å². The molecule has 0 saturated heterocycles. The van der Waals surface area contributed by atoms with Crippen LogP contribution in [0.15, 0.2) is 36.9 Å². The molecule has 0 fully saturated rings. The van der Waals surface area contributed by atoms with Gasteiger partial charge in [0.15, 0.2) is 10.6 Å². The molecule has 0 aliphatic heterocycles. The smallest absolute Gasteiger partial charge is 0.195 e. The number of hydrogen-bond acceptors (Lipinski definition) is 3. The Morgan fingerprint density at radius 2 is 2.38 bits per heavy atom. The maximum Gasteiger partial charge on any atom is 0.195 e. The van der Waals surface area contributed by atoms with Crippen LogP contribution in [0.3, 0.4) is 0 Å². The molecule has 82 valence electrons. The second-order valence-electron chi connectivity index (χ2n) is 3.30. The van der Waals surface area contributed by atoms with Crippen LogP contribution in [0, 0.1) is 4.77 Å². The van der Waals surface area contributed by atoms with Crippen molar-refractivity contribution >= 4 is 12.2 Å². The Labute approximate surface area is 97.9 Å². The van der Waals surface area contributed by atoms with Crippen molar-refractivity contribution in [3.8, 4) is 17.1 Å². The van der Waals surface area contributed by atoms with Crippen LogP contribution in [0.4, 0.5) is 0 Å². The van der Waals surface area contributed by atoms with E-state index < -0.39 is 0 Å². The van der Waals surface area contributed by atoms with Crippen LogP contribution in [-0.2, 0) is 6.54 Å². The number of rotatable bonds is 3. The van der Waals surface area contributed by atoms with Crippen molar-refractivity contribution in [2.24, 2.45) is 0 Å². The molecular weight excluding hydrogens is 222 g/mol. The Kier molecular flexibility index (Phi) is 2.87. The van der Waals surface area contributed by atoms with Crippen LogP contribution in [-0.4, -0.2) is 19.9 Å². The molecule has 0 unspecified atom stereocenters. The summed E-state index contributed by atoms with van der Waals surface area (Å²) in [7, 11) is 0. The highest BCUT2D eigenvalue weighted by Crippen LogP contribution is 2.21. The minimum absolute atomic E-state index is 0.205. The number of nitrogens with zero attached hydrogens (tertiary/aromatic N) is 2. The van der Waals surface area contributed by atoms with Crippen molar-refractivity contribution in [2.75, 3.05) is 0 Å². The molecule has 0 aliphatic rings. The predicted molar refractivity (Wildman–Crippen MR) is 64.7 cm³/mol. The monoisotopic (exact) mass is 233 g/mol. The van der Waals surface area contributed by atoms with Gasteiger partial charge in [0.05, 0.1) is 0 Å². The Bertz CT molecular complexity index is 571. The van der Waals surface area contributed by atoms with E-state index in [9.17, 15) is 5.11 Å². The first kappa shape index (κ1) is 10.6. The molecule has 2 rings (SSSR count). The van der Waals surface area contributed by atoms with E-state index in [1.165, 1.54) is 0 Å². The highest BCUT2D eigenvalue weighted by molar-refractivity contribution is 7.71. The van der Waals surface area contributed by atoms with Gasteiger partial charge in [-0.25, -0.2) is 0 Å². The van der Waals surface area contributed by atoms with Gasteiger partial charge < -0.3 is 5.11 Å². The Hall–Kier alpha value is -1.88. The largest absolute Gasteiger partial charge is 0.508 e. The van der Waals surface area contributed by atoms with Gasteiger partial charge in [-0.05, 0) is 24.4 Å². The maximum absolute atomic E-state index is 9.41. The number of hydrogen-bond donors (Lipinski definition) is 2. The lowest BCUT2D eigenvalue weighted by atomic mass is 10.2. The summed E-state index contributed by atoms with van der Waals surface area (Å²) in [5.41, 5.74) is 0.814. The summed E-state index contributed by atoms with van der Waals surface area (Å²) in [5.74, 6) is 0.900. The van der Waals surface area contributed by atoms with Gasteiger partial charge in [0.25, 0.3) is 0 Å². The summed E-state index contributed by atoms with van der Waals surface area (Å²) in [5, 5.41) is 16.3. The number of nitrogens with one attached hydrogen (secondary N) is 1. The van der Waals surface area contributed by atoms with E-state index in [1.807, 2.05) is 10.6 Å². The summed E-state index contributed by atoms with van der Waals surface area (Å²) in [4.78, 5) is 0. The fraction of sp³-hybridized carbons (Fsp3) is 0.0909.